The fraction of sp³-hybridized carbons (Fsp3) is 1.00. The van der Waals surface area contributed by atoms with E-state index in [0.29, 0.717) is 0 Å². The summed E-state index contributed by atoms with van der Waals surface area (Å²) in [6, 6.07) is 0. The number of phosphoric ester groups is 1. The molecule has 0 heterocycles. The summed E-state index contributed by atoms with van der Waals surface area (Å²) in [6.07, 6.45) is -0.716. The second kappa shape index (κ2) is 12.6. The standard InChI is InChI=1S/C8H16Cl3O4P.2K/c1-8(2,5-10)7(3-6(11)4-9)15-16(12,13)14;;/h6-7H,3-5H2,1-2H3,(H2,12,13,14);;/q;2*+1/p-2. The smallest absolute Gasteiger partial charge is 0.790 e. The minimum Gasteiger partial charge on any atom is -0.790 e. The average molecular weight is 390 g/mol. The maximum absolute atomic E-state index is 10.6. The summed E-state index contributed by atoms with van der Waals surface area (Å²) in [7, 11) is -5.06. The minimum absolute atomic E-state index is 0. The zero-order valence-corrected chi connectivity index (χ0v) is 20.4. The van der Waals surface area contributed by atoms with Gasteiger partial charge in [0.25, 0.3) is 0 Å². The molecule has 0 N–H and O–H groups in total. The second-order valence-electron chi connectivity index (χ2n) is 4.15. The van der Waals surface area contributed by atoms with Crippen molar-refractivity contribution < 1.29 is 122 Å². The molecule has 0 spiro atoms. The van der Waals surface area contributed by atoms with Crippen molar-refractivity contribution in [2.75, 3.05) is 11.8 Å². The van der Waals surface area contributed by atoms with E-state index in [2.05, 4.69) is 4.52 Å². The van der Waals surface area contributed by atoms with Gasteiger partial charge in [-0.2, -0.15) is 0 Å². The summed E-state index contributed by atoms with van der Waals surface area (Å²) in [5.41, 5.74) is -0.675. The van der Waals surface area contributed by atoms with Crippen LogP contribution in [0.4, 0.5) is 0 Å². The fourth-order valence-electron chi connectivity index (χ4n) is 1.04. The molecule has 0 fully saturated rings. The van der Waals surface area contributed by atoms with Crippen molar-refractivity contribution in [2.24, 2.45) is 5.41 Å². The molecule has 98 valence electrons. The molecule has 2 unspecified atom stereocenters. The second-order valence-corrected chi connectivity index (χ2v) is 6.45. The van der Waals surface area contributed by atoms with Crippen molar-refractivity contribution >= 4 is 42.6 Å². The number of halogens is 3. The van der Waals surface area contributed by atoms with Crippen LogP contribution >= 0.6 is 42.6 Å². The Balaban J connectivity index is -0.00000112. The number of hydrogen-bond donors (Lipinski definition) is 0. The zero-order valence-electron chi connectivity index (χ0n) is 11.0. The summed E-state index contributed by atoms with van der Waals surface area (Å²) in [5, 5.41) is -0.472. The Bertz CT molecular complexity index is 265. The van der Waals surface area contributed by atoms with Gasteiger partial charge in [0.15, 0.2) is 0 Å². The van der Waals surface area contributed by atoms with Gasteiger partial charge in [-0.1, -0.05) is 13.8 Å². The molecule has 0 radical (unpaired) electrons. The molecule has 0 aliphatic rings. The molecule has 10 heteroatoms. The van der Waals surface area contributed by atoms with E-state index in [4.69, 9.17) is 34.8 Å². The third-order valence-electron chi connectivity index (χ3n) is 2.11. The maximum atomic E-state index is 10.6. The van der Waals surface area contributed by atoms with E-state index in [1.54, 1.807) is 13.8 Å². The number of alkyl halides is 3. The van der Waals surface area contributed by atoms with Gasteiger partial charge in [-0.25, -0.2) is 0 Å². The molecule has 0 aromatic rings. The van der Waals surface area contributed by atoms with Gasteiger partial charge in [0, 0.05) is 22.6 Å². The van der Waals surface area contributed by atoms with Crippen LogP contribution in [0.3, 0.4) is 0 Å². The Morgan fingerprint density at radius 1 is 1.28 bits per heavy atom. The Morgan fingerprint density at radius 2 is 1.72 bits per heavy atom. The van der Waals surface area contributed by atoms with Crippen LogP contribution in [0.25, 0.3) is 0 Å². The first-order valence-electron chi connectivity index (χ1n) is 4.59. The maximum Gasteiger partial charge on any atom is 1.00 e. The molecule has 0 bridgehead atoms. The van der Waals surface area contributed by atoms with E-state index in [1.165, 1.54) is 0 Å². The van der Waals surface area contributed by atoms with E-state index >= 15 is 0 Å². The first kappa shape index (κ1) is 27.1. The Morgan fingerprint density at radius 3 is 2.00 bits per heavy atom. The Kier molecular flexibility index (Phi) is 19.1. The van der Waals surface area contributed by atoms with Gasteiger partial charge >= 0.3 is 103 Å². The van der Waals surface area contributed by atoms with Crippen LogP contribution in [-0.4, -0.2) is 23.2 Å². The van der Waals surface area contributed by atoms with Gasteiger partial charge in [0.1, 0.15) is 0 Å². The molecule has 0 amide bonds. The molecule has 0 aliphatic heterocycles. The summed E-state index contributed by atoms with van der Waals surface area (Å²) >= 11 is 17.0. The molecule has 0 saturated heterocycles. The van der Waals surface area contributed by atoms with E-state index in [1.807, 2.05) is 0 Å². The topological polar surface area (TPSA) is 72.4 Å². The minimum atomic E-state index is -5.06. The van der Waals surface area contributed by atoms with Gasteiger partial charge < -0.3 is 18.9 Å². The Hall–Kier alpha value is 4.25. The van der Waals surface area contributed by atoms with E-state index in [-0.39, 0.29) is 121 Å². The molecule has 2 atom stereocenters. The van der Waals surface area contributed by atoms with Gasteiger partial charge in [-0.3, -0.25) is 0 Å². The largest absolute Gasteiger partial charge is 1.00 e. The molecular weight excluding hydrogens is 376 g/mol. The summed E-state index contributed by atoms with van der Waals surface area (Å²) in [5.74, 6) is 0.283. The molecular formula is C8H14Cl3K2O4P. The molecule has 0 aliphatic carbocycles. The SMILES string of the molecule is CC(C)(CCl)C(CC(Cl)CCl)OP(=O)([O-])[O-].[K+].[K+]. The van der Waals surface area contributed by atoms with Crippen LogP contribution < -0.4 is 113 Å². The predicted octanol–water partition coefficient (Wildman–Crippen LogP) is -4.29. The van der Waals surface area contributed by atoms with Crippen molar-refractivity contribution in [2.45, 2.75) is 31.7 Å². The molecule has 4 nitrogen and oxygen atoms in total. The van der Waals surface area contributed by atoms with Gasteiger partial charge in [-0.15, -0.1) is 34.8 Å². The van der Waals surface area contributed by atoms with Crippen LogP contribution in [0, 0.1) is 5.41 Å². The van der Waals surface area contributed by atoms with Crippen LogP contribution in [0.5, 0.6) is 0 Å². The van der Waals surface area contributed by atoms with E-state index in [9.17, 15) is 14.4 Å². The number of hydrogen-bond acceptors (Lipinski definition) is 4. The summed E-state index contributed by atoms with van der Waals surface area (Å²) in [6.45, 7) is 3.39. The van der Waals surface area contributed by atoms with Crippen molar-refractivity contribution in [1.82, 2.24) is 0 Å². The summed E-state index contributed by atoms with van der Waals surface area (Å²) in [4.78, 5) is 21.2. The van der Waals surface area contributed by atoms with Crippen LogP contribution in [0.15, 0.2) is 0 Å². The van der Waals surface area contributed by atoms with Gasteiger partial charge in [-0.05, 0) is 6.42 Å². The normalized spacial score (nSPS) is 15.3. The average Bonchev–Trinajstić information content (AvgIpc) is 2.14. The van der Waals surface area contributed by atoms with Gasteiger partial charge in [0.05, 0.1) is 13.9 Å². The predicted molar refractivity (Wildman–Crippen MR) is 62.0 cm³/mol. The van der Waals surface area contributed by atoms with Crippen molar-refractivity contribution in [3.05, 3.63) is 0 Å². The van der Waals surface area contributed by atoms with Crippen molar-refractivity contribution in [3.63, 3.8) is 0 Å². The molecule has 0 rings (SSSR count). The van der Waals surface area contributed by atoms with Gasteiger partial charge in [0.2, 0.25) is 0 Å². The van der Waals surface area contributed by atoms with Crippen molar-refractivity contribution in [1.29, 1.82) is 0 Å². The number of phosphoric acid groups is 1. The first-order valence-corrected chi connectivity index (χ1v) is 7.55. The van der Waals surface area contributed by atoms with Crippen LogP contribution in [0.1, 0.15) is 20.3 Å². The van der Waals surface area contributed by atoms with E-state index < -0.39 is 24.7 Å². The first-order chi connectivity index (χ1) is 7.12. The molecule has 0 aromatic carbocycles. The quantitative estimate of drug-likeness (QED) is 0.251. The summed E-state index contributed by atoms with van der Waals surface area (Å²) < 4.78 is 15.1. The molecule has 0 aromatic heterocycles. The third kappa shape index (κ3) is 12.8. The monoisotopic (exact) mass is 388 g/mol. The van der Waals surface area contributed by atoms with E-state index in [0.717, 1.165) is 0 Å². The third-order valence-corrected chi connectivity index (χ3v) is 4.17. The number of rotatable bonds is 7. The van der Waals surface area contributed by atoms with Crippen LogP contribution in [0.2, 0.25) is 0 Å². The fourth-order valence-corrected chi connectivity index (χ4v) is 2.18. The Labute approximate surface area is 208 Å². The zero-order chi connectivity index (χ0) is 13.0. The molecule has 18 heavy (non-hydrogen) atoms. The van der Waals surface area contributed by atoms with Crippen molar-refractivity contribution in [3.8, 4) is 0 Å². The molecule has 0 saturated carbocycles. The van der Waals surface area contributed by atoms with Crippen LogP contribution in [-0.2, 0) is 9.09 Å².